The maximum atomic E-state index is 15.5. The van der Waals surface area contributed by atoms with Gasteiger partial charge in [0.15, 0.2) is 5.69 Å². The van der Waals surface area contributed by atoms with E-state index in [9.17, 15) is 14.4 Å². The molecule has 9 nitrogen and oxygen atoms in total. The molecule has 2 aliphatic heterocycles. The number of fused-ring (bicyclic) bond motifs is 2. The molecule has 0 bridgehead atoms. The van der Waals surface area contributed by atoms with E-state index in [0.29, 0.717) is 35.7 Å². The third-order valence-corrected chi connectivity index (χ3v) is 7.59. The van der Waals surface area contributed by atoms with Gasteiger partial charge in [-0.05, 0) is 68.1 Å². The van der Waals surface area contributed by atoms with Crippen LogP contribution in [0.25, 0.3) is 5.69 Å². The zero-order chi connectivity index (χ0) is 25.9. The Balaban J connectivity index is 1.44. The highest BCUT2D eigenvalue weighted by Crippen LogP contribution is 2.54. The number of rotatable bonds is 5. The highest BCUT2D eigenvalue weighted by Gasteiger charge is 2.56. The van der Waals surface area contributed by atoms with E-state index >= 15 is 4.39 Å². The zero-order valence-corrected chi connectivity index (χ0v) is 20.4. The van der Waals surface area contributed by atoms with Crippen LogP contribution in [-0.4, -0.2) is 47.7 Å². The number of piperidine rings is 1. The predicted molar refractivity (Wildman–Crippen MR) is 134 cm³/mol. The number of anilines is 2. The fourth-order valence-electron chi connectivity index (χ4n) is 5.50. The summed E-state index contributed by atoms with van der Waals surface area (Å²) in [6.07, 6.45) is 3.58. The lowest BCUT2D eigenvalue weighted by Crippen LogP contribution is -2.45. The number of hydrogen-bond acceptors (Lipinski definition) is 5. The number of carbonyl (C=O) groups is 3. The van der Waals surface area contributed by atoms with Crippen LogP contribution in [-0.2, 0) is 10.2 Å². The Kier molecular flexibility index (Phi) is 5.29. The monoisotopic (exact) mass is 503 g/mol. The summed E-state index contributed by atoms with van der Waals surface area (Å²) in [7, 11) is 1.55. The summed E-state index contributed by atoms with van der Waals surface area (Å²) in [5.41, 5.74) is 7.13. The Morgan fingerprint density at radius 1 is 1.05 bits per heavy atom. The molecule has 3 aromatic rings. The number of amides is 3. The molecule has 6 rings (SSSR count). The molecule has 1 spiro atoms. The van der Waals surface area contributed by atoms with Gasteiger partial charge in [-0.25, -0.2) is 9.07 Å². The molecular formula is C27H26FN5O4. The van der Waals surface area contributed by atoms with Crippen LogP contribution in [0.4, 0.5) is 15.8 Å². The van der Waals surface area contributed by atoms with Gasteiger partial charge in [-0.1, -0.05) is 0 Å². The second-order valence-corrected chi connectivity index (χ2v) is 9.86. The number of hydrogen-bond donors (Lipinski definition) is 1. The second kappa shape index (κ2) is 8.43. The normalized spacial score (nSPS) is 18.2. The first-order valence-electron chi connectivity index (χ1n) is 12.3. The number of primary amides is 1. The Bertz CT molecular complexity index is 1440. The molecule has 190 valence electrons. The zero-order valence-electron chi connectivity index (χ0n) is 20.4. The molecule has 37 heavy (non-hydrogen) atoms. The van der Waals surface area contributed by atoms with E-state index in [1.54, 1.807) is 48.4 Å². The van der Waals surface area contributed by atoms with Crippen molar-refractivity contribution in [1.29, 1.82) is 0 Å². The van der Waals surface area contributed by atoms with Crippen molar-refractivity contribution in [3.8, 4) is 11.4 Å². The summed E-state index contributed by atoms with van der Waals surface area (Å²) in [4.78, 5) is 41.6. The van der Waals surface area contributed by atoms with Gasteiger partial charge in [-0.3, -0.25) is 14.4 Å². The summed E-state index contributed by atoms with van der Waals surface area (Å²) in [6.45, 7) is 0.760. The van der Waals surface area contributed by atoms with Gasteiger partial charge in [-0.2, -0.15) is 5.10 Å². The third kappa shape index (κ3) is 3.66. The van der Waals surface area contributed by atoms with Gasteiger partial charge in [-0.15, -0.1) is 0 Å². The molecular weight excluding hydrogens is 477 g/mol. The number of nitrogens with zero attached hydrogens (tertiary/aromatic N) is 4. The van der Waals surface area contributed by atoms with Crippen LogP contribution in [0, 0.1) is 5.82 Å². The molecule has 1 aromatic heterocycles. The Morgan fingerprint density at radius 2 is 1.78 bits per heavy atom. The van der Waals surface area contributed by atoms with E-state index < -0.39 is 23.0 Å². The predicted octanol–water partition coefficient (Wildman–Crippen LogP) is 3.33. The lowest BCUT2D eigenvalue weighted by atomic mass is 9.88. The van der Waals surface area contributed by atoms with E-state index in [-0.39, 0.29) is 29.5 Å². The standard InChI is InChI=1S/C27H26FN5O4/c1-37-18-8-5-16(6-9-18)33-24-22(23(30-33)25(29)35)27(11-12-27)15-32(26(24)36)20-10-7-17(14-19(20)28)31-13-3-2-4-21(31)34/h5-10,14H,2-4,11-13,15H2,1H3,(H2,29,35). The molecule has 2 fully saturated rings. The molecule has 0 unspecified atom stereocenters. The third-order valence-electron chi connectivity index (χ3n) is 7.59. The number of aromatic nitrogens is 2. The highest BCUT2D eigenvalue weighted by molar-refractivity contribution is 6.11. The fraction of sp³-hybridized carbons (Fsp3) is 0.333. The van der Waals surface area contributed by atoms with Crippen LogP contribution in [0.5, 0.6) is 5.75 Å². The first-order chi connectivity index (χ1) is 17.8. The van der Waals surface area contributed by atoms with E-state index in [1.165, 1.54) is 15.6 Å². The van der Waals surface area contributed by atoms with Crippen molar-refractivity contribution < 1.29 is 23.5 Å². The van der Waals surface area contributed by atoms with Crippen LogP contribution < -0.4 is 20.3 Å². The van der Waals surface area contributed by atoms with Crippen LogP contribution in [0.15, 0.2) is 42.5 Å². The minimum Gasteiger partial charge on any atom is -0.497 e. The van der Waals surface area contributed by atoms with Crippen molar-refractivity contribution in [1.82, 2.24) is 9.78 Å². The van der Waals surface area contributed by atoms with Gasteiger partial charge >= 0.3 is 0 Å². The minimum absolute atomic E-state index is 0.0311. The average molecular weight is 504 g/mol. The summed E-state index contributed by atoms with van der Waals surface area (Å²) in [5.74, 6) is -1.17. The first-order valence-corrected chi connectivity index (χ1v) is 12.3. The van der Waals surface area contributed by atoms with Crippen LogP contribution in [0.2, 0.25) is 0 Å². The Hall–Kier alpha value is -4.21. The smallest absolute Gasteiger partial charge is 0.277 e. The first kappa shape index (κ1) is 23.2. The van der Waals surface area contributed by atoms with Crippen molar-refractivity contribution >= 4 is 29.1 Å². The SMILES string of the molecule is COc1ccc(-n2nc(C(N)=O)c3c2C(=O)N(c2ccc(N4CCCCC4=O)cc2F)CC32CC2)cc1. The highest BCUT2D eigenvalue weighted by atomic mass is 19.1. The number of methoxy groups -OCH3 is 1. The number of nitrogens with two attached hydrogens (primary N) is 1. The molecule has 1 saturated carbocycles. The fourth-order valence-corrected chi connectivity index (χ4v) is 5.50. The number of ether oxygens (including phenoxy) is 1. The van der Waals surface area contributed by atoms with Crippen molar-refractivity contribution in [3.63, 3.8) is 0 Å². The van der Waals surface area contributed by atoms with Crippen LogP contribution in [0.3, 0.4) is 0 Å². The molecule has 2 N–H and O–H groups in total. The maximum Gasteiger partial charge on any atom is 0.277 e. The summed E-state index contributed by atoms with van der Waals surface area (Å²) in [6, 6.07) is 11.5. The molecule has 2 aromatic carbocycles. The molecule has 3 aliphatic rings. The molecule has 0 radical (unpaired) electrons. The van der Waals surface area contributed by atoms with Crippen LogP contribution >= 0.6 is 0 Å². The van der Waals surface area contributed by atoms with Gasteiger partial charge in [0, 0.05) is 36.2 Å². The van der Waals surface area contributed by atoms with Crippen molar-refractivity contribution in [2.75, 3.05) is 30.0 Å². The quantitative estimate of drug-likeness (QED) is 0.574. The lowest BCUT2D eigenvalue weighted by molar-refractivity contribution is -0.119. The van der Waals surface area contributed by atoms with Crippen molar-refractivity contribution in [2.24, 2.45) is 5.73 Å². The van der Waals surface area contributed by atoms with Gasteiger partial charge in [0.25, 0.3) is 11.8 Å². The molecule has 1 aliphatic carbocycles. The van der Waals surface area contributed by atoms with Gasteiger partial charge in [0.1, 0.15) is 17.3 Å². The molecule has 0 atom stereocenters. The van der Waals surface area contributed by atoms with Crippen molar-refractivity contribution in [2.45, 2.75) is 37.5 Å². The summed E-state index contributed by atoms with van der Waals surface area (Å²) < 4.78 is 22.2. The van der Waals surface area contributed by atoms with E-state index in [4.69, 9.17) is 10.5 Å². The van der Waals surface area contributed by atoms with Crippen LogP contribution in [0.1, 0.15) is 58.6 Å². The van der Waals surface area contributed by atoms with Gasteiger partial charge in [0.2, 0.25) is 5.91 Å². The number of halogens is 1. The minimum atomic E-state index is -0.710. The topological polar surface area (TPSA) is 111 Å². The molecule has 3 heterocycles. The van der Waals surface area contributed by atoms with Crippen molar-refractivity contribution in [3.05, 3.63) is 65.2 Å². The van der Waals surface area contributed by atoms with E-state index in [0.717, 1.165) is 25.7 Å². The van der Waals surface area contributed by atoms with E-state index in [2.05, 4.69) is 5.10 Å². The average Bonchev–Trinajstić information content (AvgIpc) is 3.54. The maximum absolute atomic E-state index is 15.5. The second-order valence-electron chi connectivity index (χ2n) is 9.86. The van der Waals surface area contributed by atoms with E-state index in [1.807, 2.05) is 0 Å². The number of benzene rings is 2. The van der Waals surface area contributed by atoms with Gasteiger partial charge in [0.05, 0.1) is 18.5 Å². The summed E-state index contributed by atoms with van der Waals surface area (Å²) in [5, 5.41) is 4.45. The molecule has 3 amide bonds. The summed E-state index contributed by atoms with van der Waals surface area (Å²) >= 11 is 0. The molecule has 10 heteroatoms. The number of carbonyl (C=O) groups excluding carboxylic acids is 3. The Labute approximate surface area is 212 Å². The largest absolute Gasteiger partial charge is 0.497 e. The Morgan fingerprint density at radius 3 is 2.41 bits per heavy atom. The molecule has 1 saturated heterocycles. The van der Waals surface area contributed by atoms with Gasteiger partial charge < -0.3 is 20.3 Å². The lowest BCUT2D eigenvalue weighted by Gasteiger charge is -2.34.